The van der Waals surface area contributed by atoms with E-state index in [1.807, 2.05) is 0 Å². The van der Waals surface area contributed by atoms with Crippen molar-refractivity contribution in [1.29, 1.82) is 0 Å². The Bertz CT molecular complexity index is 502. The summed E-state index contributed by atoms with van der Waals surface area (Å²) < 4.78 is 0. The Hall–Kier alpha value is -1.31. The number of benzene rings is 1. The Morgan fingerprint density at radius 1 is 1.20 bits per heavy atom. The molecular weight excluding hydrogens is 246 g/mol. The molecule has 1 aliphatic carbocycles. The van der Waals surface area contributed by atoms with Crippen LogP contribution in [0, 0.1) is 0 Å². The Morgan fingerprint density at radius 2 is 1.90 bits per heavy atom. The van der Waals surface area contributed by atoms with E-state index in [0.29, 0.717) is 5.92 Å². The monoisotopic (exact) mass is 271 g/mol. The van der Waals surface area contributed by atoms with Gasteiger partial charge in [0.15, 0.2) is 0 Å². The summed E-state index contributed by atoms with van der Waals surface area (Å²) in [6.07, 6.45) is 7.37. The summed E-state index contributed by atoms with van der Waals surface area (Å²) >= 11 is 0. The quantitative estimate of drug-likeness (QED) is 0.691. The number of amides is 1. The van der Waals surface area contributed by atoms with Crippen molar-refractivity contribution >= 4 is 5.91 Å². The number of hydrogen-bond acceptors (Lipinski definition) is 1. The van der Waals surface area contributed by atoms with E-state index in [1.54, 1.807) is 6.92 Å². The van der Waals surface area contributed by atoms with Gasteiger partial charge >= 0.3 is 0 Å². The third kappa shape index (κ3) is 2.25. The van der Waals surface area contributed by atoms with Crippen LogP contribution in [0.15, 0.2) is 24.3 Å². The molecule has 0 N–H and O–H groups in total. The van der Waals surface area contributed by atoms with Gasteiger partial charge in [-0.05, 0) is 36.3 Å². The smallest absolute Gasteiger partial charge is 0.220 e. The SMILES string of the molecule is CC(=O)N1Cc2ccccc2[C@@H](C)CC12CCCCC2. The lowest BCUT2D eigenvalue weighted by atomic mass is 9.74. The zero-order valence-corrected chi connectivity index (χ0v) is 12.7. The van der Waals surface area contributed by atoms with Gasteiger partial charge in [0, 0.05) is 19.0 Å². The van der Waals surface area contributed by atoms with Gasteiger partial charge in [0.25, 0.3) is 0 Å². The molecule has 1 atom stereocenters. The molecule has 0 unspecified atom stereocenters. The predicted molar refractivity (Wildman–Crippen MR) is 81.5 cm³/mol. The maximum Gasteiger partial charge on any atom is 0.220 e. The molecule has 3 rings (SSSR count). The van der Waals surface area contributed by atoms with Crippen molar-refractivity contribution in [2.24, 2.45) is 0 Å². The van der Waals surface area contributed by atoms with Crippen LogP contribution in [0.1, 0.15) is 69.4 Å². The van der Waals surface area contributed by atoms with E-state index in [0.717, 1.165) is 13.0 Å². The van der Waals surface area contributed by atoms with Crippen molar-refractivity contribution in [3.05, 3.63) is 35.4 Å². The minimum Gasteiger partial charge on any atom is -0.333 e. The highest BCUT2D eigenvalue weighted by Crippen LogP contribution is 2.44. The van der Waals surface area contributed by atoms with Crippen molar-refractivity contribution < 1.29 is 4.79 Å². The van der Waals surface area contributed by atoms with Crippen molar-refractivity contribution in [1.82, 2.24) is 4.90 Å². The summed E-state index contributed by atoms with van der Waals surface area (Å²) in [6.45, 7) is 4.88. The molecule has 1 aromatic rings. The topological polar surface area (TPSA) is 20.3 Å². The largest absolute Gasteiger partial charge is 0.333 e. The standard InChI is InChI=1S/C18H25NO/c1-14-12-18(10-6-3-7-11-18)19(15(2)20)13-16-8-4-5-9-17(14)16/h4-5,8-9,14H,3,6-7,10-13H2,1-2H3/t14-/m0/s1. The summed E-state index contributed by atoms with van der Waals surface area (Å²) in [7, 11) is 0. The average Bonchev–Trinajstić information content (AvgIpc) is 2.56. The van der Waals surface area contributed by atoms with Crippen molar-refractivity contribution in [2.45, 2.75) is 70.4 Å². The van der Waals surface area contributed by atoms with E-state index in [1.165, 1.54) is 43.2 Å². The van der Waals surface area contributed by atoms with Crippen LogP contribution in [-0.2, 0) is 11.3 Å². The molecule has 1 saturated carbocycles. The van der Waals surface area contributed by atoms with Gasteiger partial charge in [-0.1, -0.05) is 50.5 Å². The molecule has 0 aromatic heterocycles. The van der Waals surface area contributed by atoms with Crippen molar-refractivity contribution in [3.63, 3.8) is 0 Å². The highest BCUT2D eigenvalue weighted by Gasteiger charge is 2.42. The lowest BCUT2D eigenvalue weighted by Gasteiger charge is -2.46. The first kappa shape index (κ1) is 13.7. The fourth-order valence-corrected chi connectivity index (χ4v) is 4.42. The molecule has 1 spiro atoms. The molecule has 1 aromatic carbocycles. The second-order valence-corrected chi connectivity index (χ2v) is 6.69. The summed E-state index contributed by atoms with van der Waals surface area (Å²) in [4.78, 5) is 14.5. The highest BCUT2D eigenvalue weighted by molar-refractivity contribution is 5.74. The lowest BCUT2D eigenvalue weighted by molar-refractivity contribution is -0.138. The van der Waals surface area contributed by atoms with Crippen LogP contribution in [0.2, 0.25) is 0 Å². The molecule has 0 saturated heterocycles. The maximum absolute atomic E-state index is 12.3. The first-order chi connectivity index (χ1) is 9.62. The van der Waals surface area contributed by atoms with E-state index in [9.17, 15) is 4.79 Å². The summed E-state index contributed by atoms with van der Waals surface area (Å²) in [6, 6.07) is 8.68. The normalized spacial score (nSPS) is 25.1. The average molecular weight is 271 g/mol. The van der Waals surface area contributed by atoms with Crippen LogP contribution in [0.5, 0.6) is 0 Å². The number of carbonyl (C=O) groups is 1. The minimum absolute atomic E-state index is 0.114. The first-order valence-corrected chi connectivity index (χ1v) is 7.98. The van der Waals surface area contributed by atoms with Gasteiger partial charge in [-0.2, -0.15) is 0 Å². The Kier molecular flexibility index (Phi) is 3.57. The molecule has 1 amide bonds. The van der Waals surface area contributed by atoms with Crippen LogP contribution in [-0.4, -0.2) is 16.3 Å². The van der Waals surface area contributed by atoms with Crippen molar-refractivity contribution in [2.75, 3.05) is 0 Å². The van der Waals surface area contributed by atoms with Gasteiger partial charge in [-0.25, -0.2) is 0 Å². The molecule has 0 bridgehead atoms. The number of rotatable bonds is 0. The molecule has 0 radical (unpaired) electrons. The van der Waals surface area contributed by atoms with Crippen molar-refractivity contribution in [3.8, 4) is 0 Å². The van der Waals surface area contributed by atoms with Crippen LogP contribution in [0.4, 0.5) is 0 Å². The predicted octanol–water partition coefficient (Wildman–Crippen LogP) is 4.25. The molecule has 1 heterocycles. The fraction of sp³-hybridized carbons (Fsp3) is 0.611. The van der Waals surface area contributed by atoms with Crippen LogP contribution in [0.3, 0.4) is 0 Å². The van der Waals surface area contributed by atoms with Gasteiger partial charge in [0.05, 0.1) is 0 Å². The molecule has 2 heteroatoms. The summed E-state index contributed by atoms with van der Waals surface area (Å²) in [5.41, 5.74) is 2.90. The molecular formula is C18H25NO. The Morgan fingerprint density at radius 3 is 2.60 bits per heavy atom. The van der Waals surface area contributed by atoms with Gasteiger partial charge < -0.3 is 4.90 Å². The van der Waals surface area contributed by atoms with Gasteiger partial charge in [-0.15, -0.1) is 0 Å². The van der Waals surface area contributed by atoms with E-state index < -0.39 is 0 Å². The second-order valence-electron chi connectivity index (χ2n) is 6.69. The van der Waals surface area contributed by atoms with E-state index in [4.69, 9.17) is 0 Å². The summed E-state index contributed by atoms with van der Waals surface area (Å²) in [5, 5.41) is 0. The molecule has 1 aliphatic heterocycles. The molecule has 2 aliphatic rings. The second kappa shape index (κ2) is 5.23. The van der Waals surface area contributed by atoms with Gasteiger partial charge in [-0.3, -0.25) is 4.79 Å². The number of nitrogens with zero attached hydrogens (tertiary/aromatic N) is 1. The van der Waals surface area contributed by atoms with Crippen LogP contribution >= 0.6 is 0 Å². The zero-order valence-electron chi connectivity index (χ0n) is 12.7. The fourth-order valence-electron chi connectivity index (χ4n) is 4.42. The Labute approximate surface area is 122 Å². The maximum atomic E-state index is 12.3. The zero-order chi connectivity index (χ0) is 14.2. The third-order valence-corrected chi connectivity index (χ3v) is 5.34. The molecule has 20 heavy (non-hydrogen) atoms. The Balaban J connectivity index is 2.03. The van der Waals surface area contributed by atoms with E-state index >= 15 is 0 Å². The van der Waals surface area contributed by atoms with Crippen LogP contribution in [0.25, 0.3) is 0 Å². The first-order valence-electron chi connectivity index (χ1n) is 7.98. The third-order valence-electron chi connectivity index (χ3n) is 5.34. The molecule has 108 valence electrons. The van der Waals surface area contributed by atoms with E-state index in [-0.39, 0.29) is 11.4 Å². The van der Waals surface area contributed by atoms with Gasteiger partial charge in [0.1, 0.15) is 0 Å². The number of fused-ring (bicyclic) bond motifs is 1. The summed E-state index contributed by atoms with van der Waals surface area (Å²) in [5.74, 6) is 0.796. The lowest BCUT2D eigenvalue weighted by Crippen LogP contribution is -2.51. The molecule has 2 nitrogen and oxygen atoms in total. The number of carbonyl (C=O) groups excluding carboxylic acids is 1. The number of hydrogen-bond donors (Lipinski definition) is 0. The van der Waals surface area contributed by atoms with Gasteiger partial charge in [0.2, 0.25) is 5.91 Å². The molecule has 1 fully saturated rings. The highest BCUT2D eigenvalue weighted by atomic mass is 16.2. The van der Waals surface area contributed by atoms with Crippen LogP contribution < -0.4 is 0 Å². The van der Waals surface area contributed by atoms with E-state index in [2.05, 4.69) is 36.1 Å². The minimum atomic E-state index is 0.114.